The Morgan fingerprint density at radius 1 is 0.627 bits per heavy atom. The van der Waals surface area contributed by atoms with Gasteiger partial charge in [0.2, 0.25) is 0 Å². The lowest BCUT2D eigenvalue weighted by atomic mass is 10.2. The van der Waals surface area contributed by atoms with Crippen molar-refractivity contribution >= 4 is 229 Å². The van der Waals surface area contributed by atoms with Crippen LogP contribution in [0.15, 0.2) is 66.2 Å². The molecule has 0 aliphatic heterocycles. The fourth-order valence-electron chi connectivity index (χ4n) is 4.82. The zero-order valence-electron chi connectivity index (χ0n) is 33.1. The third-order valence-corrected chi connectivity index (χ3v) is 18.2. The van der Waals surface area contributed by atoms with E-state index in [4.69, 9.17) is 151 Å². The summed E-state index contributed by atoms with van der Waals surface area (Å²) in [6.07, 6.45) is 3.50. The number of amides is 1. The average molecular weight is 1270 g/mol. The molecule has 0 saturated carbocycles. The Labute approximate surface area is 466 Å². The number of aryl methyl sites for hydroxylation is 1. The van der Waals surface area contributed by atoms with Gasteiger partial charge in [0.05, 0.1) is 61.2 Å². The zero-order valence-corrected chi connectivity index (χ0v) is 47.0. The van der Waals surface area contributed by atoms with E-state index in [9.17, 15) is 22.8 Å². The van der Waals surface area contributed by atoms with Crippen molar-refractivity contribution in [3.63, 3.8) is 0 Å². The minimum Gasteiger partial charge on any atom is -0.275 e. The van der Waals surface area contributed by atoms with Crippen LogP contribution < -0.4 is 0 Å². The minimum atomic E-state index is -0.660. The second kappa shape index (κ2) is 26.6. The van der Waals surface area contributed by atoms with Crippen molar-refractivity contribution in [1.82, 2.24) is 14.8 Å². The van der Waals surface area contributed by atoms with Gasteiger partial charge in [0.25, 0.3) is 11.1 Å². The van der Waals surface area contributed by atoms with Gasteiger partial charge in [-0.3, -0.25) is 9.59 Å². The number of rotatable bonds is 7. The first-order chi connectivity index (χ1) is 31.5. The molecule has 27 heteroatoms. The molecule has 7 rings (SSSR count). The highest BCUT2D eigenvalue weighted by Crippen LogP contribution is 2.46. The Kier molecular flexibility index (Phi) is 23.2. The third kappa shape index (κ3) is 14.5. The molecule has 0 N–H and O–H groups in total. The summed E-state index contributed by atoms with van der Waals surface area (Å²) >= 11 is 81.0. The van der Waals surface area contributed by atoms with Gasteiger partial charge in [-0.15, -0.1) is 57.5 Å². The van der Waals surface area contributed by atoms with Crippen molar-refractivity contribution in [2.24, 2.45) is 12.0 Å². The maximum absolute atomic E-state index is 14.0. The van der Waals surface area contributed by atoms with Crippen molar-refractivity contribution in [3.05, 3.63) is 158 Å². The maximum Gasteiger partial charge on any atom is 0.289 e. The number of aliphatic imine (C=N–C) groups is 1. The Hall–Kier alpha value is -1.09. The van der Waals surface area contributed by atoms with E-state index in [2.05, 4.69) is 21.7 Å². The quantitative estimate of drug-likeness (QED) is 0.0899. The van der Waals surface area contributed by atoms with Crippen LogP contribution in [0.5, 0.6) is 0 Å². The third-order valence-electron chi connectivity index (χ3n) is 7.86. The first-order valence-corrected chi connectivity index (χ1v) is 27.0. The highest BCUT2D eigenvalue weighted by atomic mass is 35.5. The number of hydrogen-bond acceptors (Lipinski definition) is 9. The predicted molar refractivity (Wildman–Crippen MR) is 288 cm³/mol. The zero-order chi connectivity index (χ0) is 50.2. The highest BCUT2D eigenvalue weighted by Gasteiger charge is 2.24. The average Bonchev–Trinajstić information content (AvgIpc) is 3.95. The number of halogens is 16. The molecule has 0 unspecified atom stereocenters. The number of carbonyl (C=O) groups excluding carboxylic acids is 2. The summed E-state index contributed by atoms with van der Waals surface area (Å²) in [4.78, 5) is 32.6. The van der Waals surface area contributed by atoms with Gasteiger partial charge in [0.15, 0.2) is 11.6 Å². The van der Waals surface area contributed by atoms with E-state index in [1.54, 1.807) is 31.5 Å². The maximum atomic E-state index is 14.0. The molecule has 4 heterocycles. The summed E-state index contributed by atoms with van der Waals surface area (Å²) in [5.41, 5.74) is 0.609. The molecule has 4 aromatic heterocycles. The molecular weight excluding hydrogens is 1250 g/mol. The van der Waals surface area contributed by atoms with Crippen LogP contribution in [0.3, 0.4) is 0 Å². The van der Waals surface area contributed by atoms with Crippen molar-refractivity contribution < 1.29 is 22.8 Å². The molecule has 0 atom stereocenters. The SMILES string of the molecule is C=C(SC)c1c(F)cccc1Cl.CSC(=NC(=O)c1sc(Cl)c(Cl)c1Cl)c1c(F)cccc1Cl.Cn1nc(-c2c(F)cccc2Cl)nc1-c1sc(Cl)c(Cl)c1Cl.O=C(Cl)c1sc(Cl)c(Cl)c1Cl. The van der Waals surface area contributed by atoms with Gasteiger partial charge in [0, 0.05) is 17.5 Å². The highest BCUT2D eigenvalue weighted by molar-refractivity contribution is 8.13. The number of thioether (sulfide) groups is 2. The molecule has 354 valence electrons. The van der Waals surface area contributed by atoms with Crippen molar-refractivity contribution in [2.45, 2.75) is 0 Å². The Bertz CT molecular complexity index is 2970. The molecule has 3 aromatic carbocycles. The predicted octanol–water partition coefficient (Wildman–Crippen LogP) is 20.3. The van der Waals surface area contributed by atoms with Crippen LogP contribution >= 0.6 is 208 Å². The number of nitrogens with zero attached hydrogens (tertiary/aromatic N) is 4. The standard InChI is InChI=1S/C13H6Cl4FN3S.C13H6Cl4FNOS2.C9H8ClFS.C5Cl4OS/c1-21-13(10-8(15)9(16)11(17)22-10)19-12(20-21)7-5(14)3-2-4-6(7)18;1-21-13(7-5(14)3-2-4-6(7)18)19-12(20)10-8(15)9(16)11(17)22-10;1-6(12-2)9-7(10)4-3-5-8(9)11;6-1-2(7)5(9)11-3(1)4(8)10/h2*2-4H,1H3;3-5H,1H2,2H3;. The van der Waals surface area contributed by atoms with E-state index < -0.39 is 22.8 Å². The second-order valence-corrected chi connectivity index (χ2v) is 22.4. The molecule has 67 heavy (non-hydrogen) atoms. The number of hydrogen-bond donors (Lipinski definition) is 0. The Morgan fingerprint density at radius 2 is 1.09 bits per heavy atom. The molecule has 0 aliphatic rings. The van der Waals surface area contributed by atoms with E-state index in [0.29, 0.717) is 35.6 Å². The minimum absolute atomic E-state index is 0.0329. The van der Waals surface area contributed by atoms with Gasteiger partial charge in [-0.2, -0.15) is 5.10 Å². The van der Waals surface area contributed by atoms with E-state index in [1.807, 2.05) is 6.26 Å². The van der Waals surface area contributed by atoms with Crippen LogP contribution in [0.4, 0.5) is 13.2 Å². The number of benzene rings is 3. The van der Waals surface area contributed by atoms with Crippen molar-refractivity contribution in [1.29, 1.82) is 0 Å². The molecule has 0 saturated heterocycles. The second-order valence-electron chi connectivity index (χ2n) is 12.0. The van der Waals surface area contributed by atoms with Crippen LogP contribution in [0.25, 0.3) is 27.0 Å². The lowest BCUT2D eigenvalue weighted by molar-refractivity contribution is 0.101. The van der Waals surface area contributed by atoms with Crippen molar-refractivity contribution in [3.8, 4) is 22.1 Å². The molecule has 0 spiro atoms. The van der Waals surface area contributed by atoms with Crippen LogP contribution in [0.2, 0.25) is 58.2 Å². The number of thiophene rings is 3. The van der Waals surface area contributed by atoms with Gasteiger partial charge in [-0.05, 0) is 60.5 Å². The van der Waals surface area contributed by atoms with Gasteiger partial charge in [-0.1, -0.05) is 164 Å². The van der Waals surface area contributed by atoms with E-state index in [-0.39, 0.29) is 81.4 Å². The molecular formula is C40H20Cl13F3N4O2S5. The summed E-state index contributed by atoms with van der Waals surface area (Å²) in [5.74, 6) is -1.45. The van der Waals surface area contributed by atoms with Gasteiger partial charge in [0.1, 0.15) is 45.3 Å². The molecule has 0 bridgehead atoms. The number of carbonyl (C=O) groups is 2. The van der Waals surface area contributed by atoms with Gasteiger partial charge in [-0.25, -0.2) is 27.8 Å². The molecule has 1 amide bonds. The summed E-state index contributed by atoms with van der Waals surface area (Å²) in [7, 11) is 1.67. The summed E-state index contributed by atoms with van der Waals surface area (Å²) in [5, 5.41) is 5.49. The molecule has 0 radical (unpaired) electrons. The summed E-state index contributed by atoms with van der Waals surface area (Å²) in [6, 6.07) is 13.2. The van der Waals surface area contributed by atoms with E-state index in [1.165, 1.54) is 64.2 Å². The Morgan fingerprint density at radius 3 is 1.49 bits per heavy atom. The first-order valence-electron chi connectivity index (χ1n) is 17.2. The molecule has 0 fully saturated rings. The smallest absolute Gasteiger partial charge is 0.275 e. The van der Waals surface area contributed by atoms with Crippen molar-refractivity contribution in [2.75, 3.05) is 12.5 Å². The lowest BCUT2D eigenvalue weighted by Crippen LogP contribution is -2.04. The van der Waals surface area contributed by atoms with Crippen LogP contribution in [-0.4, -0.2) is 43.5 Å². The van der Waals surface area contributed by atoms with E-state index in [0.717, 1.165) is 34.4 Å². The monoisotopic (exact) mass is 1260 g/mol. The summed E-state index contributed by atoms with van der Waals surface area (Å²) in [6.45, 7) is 3.70. The topological polar surface area (TPSA) is 77.2 Å². The van der Waals surface area contributed by atoms with Crippen LogP contribution in [0.1, 0.15) is 30.5 Å². The van der Waals surface area contributed by atoms with Gasteiger partial charge >= 0.3 is 0 Å². The molecule has 7 aromatic rings. The molecule has 0 aliphatic carbocycles. The fourth-order valence-corrected chi connectivity index (χ4v) is 12.1. The van der Waals surface area contributed by atoms with Gasteiger partial charge < -0.3 is 0 Å². The lowest BCUT2D eigenvalue weighted by Gasteiger charge is -2.06. The molecule has 6 nitrogen and oxygen atoms in total. The summed E-state index contributed by atoms with van der Waals surface area (Å²) < 4.78 is 43.4. The number of aromatic nitrogens is 3. The van der Waals surface area contributed by atoms with E-state index >= 15 is 0 Å². The normalized spacial score (nSPS) is 11.0. The fraction of sp³-hybridized carbons (Fsp3) is 0.0750. The van der Waals surface area contributed by atoms with Crippen LogP contribution in [0, 0.1) is 17.5 Å². The Balaban J connectivity index is 0.000000204. The largest absolute Gasteiger partial charge is 0.289 e. The van der Waals surface area contributed by atoms with Crippen LogP contribution in [-0.2, 0) is 7.05 Å². The first kappa shape index (κ1) is 58.5.